The van der Waals surface area contributed by atoms with Gasteiger partial charge in [-0.25, -0.2) is 0 Å². The van der Waals surface area contributed by atoms with Crippen LogP contribution < -0.4 is 0 Å². The lowest BCUT2D eigenvalue weighted by molar-refractivity contribution is 0.0367. The van der Waals surface area contributed by atoms with Gasteiger partial charge >= 0.3 is 0 Å². The third kappa shape index (κ3) is 4.11. The standard InChI is InChI=1S/C11H20OS2/c1-6-7-8(10(13)14-5)9(12)11(2,3)4/h6,8-9,12H,1,7H2,2-5H3/t8-,9+/m0/s1. The largest absolute Gasteiger partial charge is 0.392 e. The quantitative estimate of drug-likeness (QED) is 0.593. The molecule has 2 atom stereocenters. The number of hydrogen-bond donors (Lipinski definition) is 1. The summed E-state index contributed by atoms with van der Waals surface area (Å²) < 4.78 is 0.868. The third-order valence-corrected chi connectivity index (χ3v) is 3.70. The topological polar surface area (TPSA) is 20.2 Å². The fourth-order valence-corrected chi connectivity index (χ4v) is 2.04. The zero-order valence-electron chi connectivity index (χ0n) is 9.41. The van der Waals surface area contributed by atoms with Crippen molar-refractivity contribution in [3.63, 3.8) is 0 Å². The Bertz CT molecular complexity index is 206. The summed E-state index contributed by atoms with van der Waals surface area (Å²) in [6.45, 7) is 9.78. The van der Waals surface area contributed by atoms with E-state index in [4.69, 9.17) is 12.2 Å². The summed E-state index contributed by atoms with van der Waals surface area (Å²) in [6.07, 6.45) is 4.12. The van der Waals surface area contributed by atoms with Crippen molar-refractivity contribution >= 4 is 28.2 Å². The number of hydrogen-bond acceptors (Lipinski definition) is 3. The van der Waals surface area contributed by atoms with Crippen LogP contribution >= 0.6 is 24.0 Å². The summed E-state index contributed by atoms with van der Waals surface area (Å²) in [5, 5.41) is 10.1. The fraction of sp³-hybridized carbons (Fsp3) is 0.727. The molecule has 0 aromatic heterocycles. The Kier molecular flexibility index (Phi) is 5.94. The molecule has 0 aromatic rings. The van der Waals surface area contributed by atoms with Crippen LogP contribution in [0.3, 0.4) is 0 Å². The predicted molar refractivity (Wildman–Crippen MR) is 69.9 cm³/mol. The highest BCUT2D eigenvalue weighted by Crippen LogP contribution is 2.30. The molecule has 0 bridgehead atoms. The van der Waals surface area contributed by atoms with Crippen LogP contribution in [-0.2, 0) is 0 Å². The fourth-order valence-electron chi connectivity index (χ4n) is 1.29. The van der Waals surface area contributed by atoms with E-state index >= 15 is 0 Å². The van der Waals surface area contributed by atoms with Crippen LogP contribution in [0.15, 0.2) is 12.7 Å². The molecule has 3 heteroatoms. The highest BCUT2D eigenvalue weighted by atomic mass is 32.2. The first-order chi connectivity index (χ1) is 6.34. The molecule has 1 N–H and O–H groups in total. The Morgan fingerprint density at radius 3 is 2.36 bits per heavy atom. The number of rotatable bonds is 4. The molecule has 0 aliphatic rings. The molecule has 0 heterocycles. The Balaban J connectivity index is 4.64. The summed E-state index contributed by atoms with van der Waals surface area (Å²) in [4.78, 5) is 0. The SMILES string of the molecule is C=CC[C@H](C(=S)SC)[C@@H](O)C(C)(C)C. The molecule has 0 amide bonds. The predicted octanol–water partition coefficient (Wildman–Crippen LogP) is 3.28. The number of aliphatic hydroxyl groups excluding tert-OH is 1. The Hall–Kier alpha value is 0.140. The molecule has 0 aromatic carbocycles. The average Bonchev–Trinajstić information content (AvgIpc) is 2.10. The van der Waals surface area contributed by atoms with E-state index in [9.17, 15) is 5.11 Å². The van der Waals surface area contributed by atoms with Crippen molar-refractivity contribution in [1.82, 2.24) is 0 Å². The second-order valence-electron chi connectivity index (χ2n) is 4.46. The zero-order valence-corrected chi connectivity index (χ0v) is 11.0. The molecular formula is C11H20OS2. The first kappa shape index (κ1) is 14.1. The normalized spacial score (nSPS) is 16.1. The van der Waals surface area contributed by atoms with E-state index in [0.717, 1.165) is 10.6 Å². The van der Waals surface area contributed by atoms with E-state index in [1.54, 1.807) is 11.8 Å². The second-order valence-corrected chi connectivity index (χ2v) is 6.01. The molecular weight excluding hydrogens is 212 g/mol. The third-order valence-electron chi connectivity index (χ3n) is 2.19. The lowest BCUT2D eigenvalue weighted by Gasteiger charge is -2.32. The second kappa shape index (κ2) is 5.89. The smallest absolute Gasteiger partial charge is 0.0673 e. The van der Waals surface area contributed by atoms with Crippen LogP contribution in [0.25, 0.3) is 0 Å². The zero-order chi connectivity index (χ0) is 11.4. The Morgan fingerprint density at radius 2 is 2.07 bits per heavy atom. The van der Waals surface area contributed by atoms with Crippen LogP contribution in [0.2, 0.25) is 0 Å². The van der Waals surface area contributed by atoms with E-state index in [1.807, 2.05) is 33.1 Å². The van der Waals surface area contributed by atoms with Gasteiger partial charge in [-0.05, 0) is 18.1 Å². The van der Waals surface area contributed by atoms with Crippen molar-refractivity contribution in [2.24, 2.45) is 11.3 Å². The maximum atomic E-state index is 10.1. The monoisotopic (exact) mass is 232 g/mol. The maximum Gasteiger partial charge on any atom is 0.0673 e. The minimum atomic E-state index is -0.402. The molecule has 0 aliphatic carbocycles. The van der Waals surface area contributed by atoms with Gasteiger partial charge in [-0.1, -0.05) is 39.1 Å². The van der Waals surface area contributed by atoms with Gasteiger partial charge in [0.05, 0.1) is 10.3 Å². The Labute approximate surface area is 97.0 Å². The summed E-state index contributed by atoms with van der Waals surface area (Å²) in [5.41, 5.74) is -0.131. The van der Waals surface area contributed by atoms with Crippen LogP contribution in [-0.4, -0.2) is 21.7 Å². The summed E-state index contributed by atoms with van der Waals surface area (Å²) in [7, 11) is 0. The van der Waals surface area contributed by atoms with Gasteiger partial charge in [0, 0.05) is 5.92 Å². The molecule has 0 saturated carbocycles. The van der Waals surface area contributed by atoms with E-state index in [2.05, 4.69) is 6.58 Å². The van der Waals surface area contributed by atoms with Gasteiger partial charge in [0.15, 0.2) is 0 Å². The summed E-state index contributed by atoms with van der Waals surface area (Å²) in [5.74, 6) is 0.0394. The molecule has 0 fully saturated rings. The molecule has 1 nitrogen and oxygen atoms in total. The molecule has 0 unspecified atom stereocenters. The molecule has 0 saturated heterocycles. The van der Waals surface area contributed by atoms with Crippen molar-refractivity contribution in [3.05, 3.63) is 12.7 Å². The average molecular weight is 232 g/mol. The van der Waals surface area contributed by atoms with Crippen molar-refractivity contribution in [2.75, 3.05) is 6.26 Å². The van der Waals surface area contributed by atoms with Gasteiger partial charge in [0.1, 0.15) is 0 Å². The minimum absolute atomic E-state index is 0.0394. The highest BCUT2D eigenvalue weighted by Gasteiger charge is 2.31. The van der Waals surface area contributed by atoms with Crippen LogP contribution in [0, 0.1) is 11.3 Å². The van der Waals surface area contributed by atoms with Crippen molar-refractivity contribution in [3.8, 4) is 0 Å². The van der Waals surface area contributed by atoms with E-state index in [-0.39, 0.29) is 11.3 Å². The van der Waals surface area contributed by atoms with Crippen molar-refractivity contribution < 1.29 is 5.11 Å². The molecule has 14 heavy (non-hydrogen) atoms. The van der Waals surface area contributed by atoms with Gasteiger partial charge in [-0.2, -0.15) is 0 Å². The first-order valence-corrected chi connectivity index (χ1v) is 6.34. The number of thiocarbonyl (C=S) groups is 1. The molecule has 0 rings (SSSR count). The van der Waals surface area contributed by atoms with Crippen molar-refractivity contribution in [1.29, 1.82) is 0 Å². The van der Waals surface area contributed by atoms with Crippen molar-refractivity contribution in [2.45, 2.75) is 33.3 Å². The number of allylic oxidation sites excluding steroid dienone is 1. The maximum absolute atomic E-state index is 10.1. The minimum Gasteiger partial charge on any atom is -0.392 e. The number of thioether (sulfide) groups is 1. The van der Waals surface area contributed by atoms with Gasteiger partial charge in [0.25, 0.3) is 0 Å². The van der Waals surface area contributed by atoms with Gasteiger partial charge < -0.3 is 5.11 Å². The molecule has 0 spiro atoms. The van der Waals surface area contributed by atoms with Gasteiger partial charge in [-0.3, -0.25) is 0 Å². The van der Waals surface area contributed by atoms with Gasteiger partial charge in [0.2, 0.25) is 0 Å². The lowest BCUT2D eigenvalue weighted by atomic mass is 9.81. The van der Waals surface area contributed by atoms with Crippen LogP contribution in [0.4, 0.5) is 0 Å². The molecule has 82 valence electrons. The van der Waals surface area contributed by atoms with E-state index in [1.165, 1.54) is 0 Å². The van der Waals surface area contributed by atoms with Crippen LogP contribution in [0.5, 0.6) is 0 Å². The Morgan fingerprint density at radius 1 is 1.57 bits per heavy atom. The highest BCUT2D eigenvalue weighted by molar-refractivity contribution is 8.22. The van der Waals surface area contributed by atoms with E-state index < -0.39 is 6.10 Å². The summed E-state index contributed by atoms with van der Waals surface area (Å²) >= 11 is 6.78. The number of aliphatic hydroxyl groups is 1. The lowest BCUT2D eigenvalue weighted by Crippen LogP contribution is -2.36. The first-order valence-electron chi connectivity index (χ1n) is 4.71. The molecule has 0 aliphatic heterocycles. The molecule has 0 radical (unpaired) electrons. The van der Waals surface area contributed by atoms with Crippen LogP contribution in [0.1, 0.15) is 27.2 Å². The van der Waals surface area contributed by atoms with E-state index in [0.29, 0.717) is 0 Å². The summed E-state index contributed by atoms with van der Waals surface area (Å²) in [6, 6.07) is 0. The van der Waals surface area contributed by atoms with Gasteiger partial charge in [-0.15, -0.1) is 18.3 Å².